The molecule has 0 amide bonds. The summed E-state index contributed by atoms with van der Waals surface area (Å²) in [5.74, 6) is 0.368. The number of rotatable bonds is 5. The topological polar surface area (TPSA) is 72.9 Å². The first-order valence-corrected chi connectivity index (χ1v) is 9.09. The Kier molecular flexibility index (Phi) is 5.64. The SMILES string of the molecule is COC(=O)COc1ccc(S(=O)(=O)N2CCCC(C)C2)cc1C. The average Bonchev–Trinajstić information content (AvgIpc) is 2.53. The molecule has 7 heteroatoms. The van der Waals surface area contributed by atoms with E-state index in [4.69, 9.17) is 4.74 Å². The number of esters is 1. The minimum atomic E-state index is -3.48. The molecule has 0 bridgehead atoms. The van der Waals surface area contributed by atoms with Crippen molar-refractivity contribution in [3.05, 3.63) is 23.8 Å². The van der Waals surface area contributed by atoms with Crippen molar-refractivity contribution >= 4 is 16.0 Å². The standard InChI is InChI=1S/C16H23NO5S/c1-12-5-4-8-17(10-12)23(19,20)14-6-7-15(13(2)9-14)22-11-16(18)21-3/h6-7,9,12H,4-5,8,10-11H2,1-3H3. The number of ether oxygens (including phenoxy) is 2. The molecule has 0 saturated carbocycles. The summed E-state index contributed by atoms with van der Waals surface area (Å²) >= 11 is 0. The van der Waals surface area contributed by atoms with E-state index in [2.05, 4.69) is 11.7 Å². The van der Waals surface area contributed by atoms with Crippen molar-refractivity contribution in [1.29, 1.82) is 0 Å². The summed E-state index contributed by atoms with van der Waals surface area (Å²) in [6, 6.07) is 4.69. The largest absolute Gasteiger partial charge is 0.482 e. The number of nitrogens with zero attached hydrogens (tertiary/aromatic N) is 1. The van der Waals surface area contributed by atoms with Gasteiger partial charge < -0.3 is 9.47 Å². The molecule has 0 aromatic heterocycles. The lowest BCUT2D eigenvalue weighted by Gasteiger charge is -2.30. The average molecular weight is 341 g/mol. The van der Waals surface area contributed by atoms with Crippen molar-refractivity contribution in [2.45, 2.75) is 31.6 Å². The molecule has 0 spiro atoms. The van der Waals surface area contributed by atoms with E-state index in [1.54, 1.807) is 23.4 Å². The molecule has 0 N–H and O–H groups in total. The number of carbonyl (C=O) groups is 1. The van der Waals surface area contributed by atoms with Crippen LogP contribution in [0.15, 0.2) is 23.1 Å². The molecule has 128 valence electrons. The summed E-state index contributed by atoms with van der Waals surface area (Å²) in [4.78, 5) is 11.4. The van der Waals surface area contributed by atoms with Crippen molar-refractivity contribution in [2.24, 2.45) is 5.92 Å². The lowest BCUT2D eigenvalue weighted by Crippen LogP contribution is -2.39. The van der Waals surface area contributed by atoms with E-state index in [0.29, 0.717) is 30.3 Å². The molecule has 1 aliphatic rings. The summed E-state index contributed by atoms with van der Waals surface area (Å²) in [7, 11) is -2.20. The molecule has 1 fully saturated rings. The van der Waals surface area contributed by atoms with Gasteiger partial charge >= 0.3 is 5.97 Å². The maximum Gasteiger partial charge on any atom is 0.343 e. The normalized spacial score (nSPS) is 19.3. The van der Waals surface area contributed by atoms with Crippen LogP contribution in [0, 0.1) is 12.8 Å². The Morgan fingerprint density at radius 3 is 2.74 bits per heavy atom. The Balaban J connectivity index is 2.17. The zero-order valence-corrected chi connectivity index (χ0v) is 14.6. The van der Waals surface area contributed by atoms with E-state index in [1.165, 1.54) is 13.2 Å². The van der Waals surface area contributed by atoms with Gasteiger partial charge in [-0.1, -0.05) is 6.92 Å². The number of aryl methyl sites for hydroxylation is 1. The van der Waals surface area contributed by atoms with Gasteiger partial charge in [-0.2, -0.15) is 4.31 Å². The lowest BCUT2D eigenvalue weighted by molar-refractivity contribution is -0.142. The highest BCUT2D eigenvalue weighted by atomic mass is 32.2. The van der Waals surface area contributed by atoms with Crippen molar-refractivity contribution in [3.63, 3.8) is 0 Å². The number of piperidine rings is 1. The highest BCUT2D eigenvalue weighted by molar-refractivity contribution is 7.89. The Hall–Kier alpha value is -1.60. The molecule has 0 aliphatic carbocycles. The van der Waals surface area contributed by atoms with Crippen LogP contribution < -0.4 is 4.74 Å². The predicted octanol–water partition coefficient (Wildman–Crippen LogP) is 1.97. The van der Waals surface area contributed by atoms with Gasteiger partial charge in [0, 0.05) is 13.1 Å². The van der Waals surface area contributed by atoms with Crippen LogP contribution in [0.3, 0.4) is 0 Å². The van der Waals surface area contributed by atoms with Crippen LogP contribution in [-0.2, 0) is 19.6 Å². The van der Waals surface area contributed by atoms with Gasteiger partial charge in [0.15, 0.2) is 6.61 Å². The zero-order valence-electron chi connectivity index (χ0n) is 13.7. The van der Waals surface area contributed by atoms with Crippen molar-refractivity contribution in [1.82, 2.24) is 4.31 Å². The first-order valence-electron chi connectivity index (χ1n) is 7.65. The van der Waals surface area contributed by atoms with Gasteiger partial charge in [-0.05, 0) is 49.4 Å². The first-order chi connectivity index (χ1) is 10.8. The molecule has 2 rings (SSSR count). The highest BCUT2D eigenvalue weighted by Gasteiger charge is 2.28. The third-order valence-electron chi connectivity index (χ3n) is 3.98. The highest BCUT2D eigenvalue weighted by Crippen LogP contribution is 2.27. The summed E-state index contributed by atoms with van der Waals surface area (Å²) in [6.45, 7) is 4.74. The van der Waals surface area contributed by atoms with Crippen LogP contribution in [0.5, 0.6) is 5.75 Å². The predicted molar refractivity (Wildman–Crippen MR) is 85.8 cm³/mol. The van der Waals surface area contributed by atoms with Gasteiger partial charge in [-0.15, -0.1) is 0 Å². The van der Waals surface area contributed by atoms with Crippen molar-refractivity contribution < 1.29 is 22.7 Å². The van der Waals surface area contributed by atoms with Crippen LogP contribution >= 0.6 is 0 Å². The van der Waals surface area contributed by atoms with Gasteiger partial charge in [0.1, 0.15) is 5.75 Å². The van der Waals surface area contributed by atoms with Gasteiger partial charge in [-0.25, -0.2) is 13.2 Å². The smallest absolute Gasteiger partial charge is 0.343 e. The molecule has 1 saturated heterocycles. The second-order valence-corrected chi connectivity index (χ2v) is 7.84. The van der Waals surface area contributed by atoms with Crippen LogP contribution in [0.1, 0.15) is 25.3 Å². The minimum Gasteiger partial charge on any atom is -0.482 e. The Morgan fingerprint density at radius 1 is 1.39 bits per heavy atom. The van der Waals surface area contributed by atoms with Crippen LogP contribution in [0.25, 0.3) is 0 Å². The maximum atomic E-state index is 12.7. The Morgan fingerprint density at radius 2 is 2.13 bits per heavy atom. The number of sulfonamides is 1. The molecule has 6 nitrogen and oxygen atoms in total. The number of hydrogen-bond donors (Lipinski definition) is 0. The zero-order chi connectivity index (χ0) is 17.0. The van der Waals surface area contributed by atoms with E-state index in [1.807, 2.05) is 0 Å². The van der Waals surface area contributed by atoms with E-state index in [9.17, 15) is 13.2 Å². The monoisotopic (exact) mass is 341 g/mol. The molecular weight excluding hydrogens is 318 g/mol. The number of benzene rings is 1. The fourth-order valence-corrected chi connectivity index (χ4v) is 4.34. The summed E-state index contributed by atoms with van der Waals surface area (Å²) in [5, 5.41) is 0. The minimum absolute atomic E-state index is 0.201. The molecule has 1 aromatic rings. The third kappa shape index (κ3) is 4.23. The maximum absolute atomic E-state index is 12.7. The number of hydrogen-bond acceptors (Lipinski definition) is 5. The second kappa shape index (κ2) is 7.31. The summed E-state index contributed by atoms with van der Waals surface area (Å²) < 4.78 is 36.8. The number of methoxy groups -OCH3 is 1. The van der Waals surface area contributed by atoms with Crippen LogP contribution in [0.4, 0.5) is 0 Å². The molecule has 23 heavy (non-hydrogen) atoms. The second-order valence-electron chi connectivity index (χ2n) is 5.90. The van der Waals surface area contributed by atoms with E-state index in [0.717, 1.165) is 12.8 Å². The van der Waals surface area contributed by atoms with E-state index < -0.39 is 16.0 Å². The molecular formula is C16H23NO5S. The van der Waals surface area contributed by atoms with Gasteiger partial charge in [0.25, 0.3) is 0 Å². The lowest BCUT2D eigenvalue weighted by atomic mass is 10.0. The fraction of sp³-hybridized carbons (Fsp3) is 0.562. The van der Waals surface area contributed by atoms with Crippen LogP contribution in [-0.4, -0.2) is 45.5 Å². The van der Waals surface area contributed by atoms with Gasteiger partial charge in [-0.3, -0.25) is 0 Å². The van der Waals surface area contributed by atoms with E-state index >= 15 is 0 Å². The quantitative estimate of drug-likeness (QED) is 0.766. The summed E-state index contributed by atoms with van der Waals surface area (Å²) in [5.41, 5.74) is 0.667. The molecule has 1 unspecified atom stereocenters. The Bertz CT molecular complexity index is 671. The molecule has 1 heterocycles. The van der Waals surface area contributed by atoms with Crippen molar-refractivity contribution in [2.75, 3.05) is 26.8 Å². The third-order valence-corrected chi connectivity index (χ3v) is 5.84. The first kappa shape index (κ1) is 17.7. The van der Waals surface area contributed by atoms with E-state index in [-0.39, 0.29) is 11.5 Å². The molecule has 1 atom stereocenters. The number of carbonyl (C=O) groups excluding carboxylic acids is 1. The van der Waals surface area contributed by atoms with Crippen molar-refractivity contribution in [3.8, 4) is 5.75 Å². The molecule has 1 aromatic carbocycles. The summed E-state index contributed by atoms with van der Waals surface area (Å²) in [6.07, 6.45) is 1.95. The van der Waals surface area contributed by atoms with Crippen LogP contribution in [0.2, 0.25) is 0 Å². The molecule has 1 aliphatic heterocycles. The van der Waals surface area contributed by atoms with Gasteiger partial charge in [0.2, 0.25) is 10.0 Å². The molecule has 0 radical (unpaired) electrons. The Labute approximate surface area is 137 Å². The fourth-order valence-electron chi connectivity index (χ4n) is 2.65. The van der Waals surface area contributed by atoms with Gasteiger partial charge in [0.05, 0.1) is 12.0 Å².